The molecule has 0 aromatic carbocycles. The van der Waals surface area contributed by atoms with Crippen molar-refractivity contribution in [1.29, 1.82) is 0 Å². The fourth-order valence-electron chi connectivity index (χ4n) is 3.03. The van der Waals surface area contributed by atoms with Crippen LogP contribution in [0.25, 0.3) is 0 Å². The lowest BCUT2D eigenvalue weighted by Gasteiger charge is -2.47. The maximum absolute atomic E-state index is 5.32. The second kappa shape index (κ2) is 6.95. The Kier molecular flexibility index (Phi) is 4.77. The predicted octanol–water partition coefficient (Wildman–Crippen LogP) is 0.335. The Morgan fingerprint density at radius 1 is 1.33 bits per heavy atom. The van der Waals surface area contributed by atoms with Crippen molar-refractivity contribution >= 4 is 5.96 Å². The van der Waals surface area contributed by atoms with Crippen molar-refractivity contribution in [3.8, 4) is 0 Å². The summed E-state index contributed by atoms with van der Waals surface area (Å²) in [6.45, 7) is 10.5. The van der Waals surface area contributed by atoms with Gasteiger partial charge in [-0.05, 0) is 19.1 Å². The standard InChI is InChI=1S/C15H25N5O/c1-2-16-15(18-11-14-4-3-9-21-14)17-10-13-12-19-5-7-20(13)8-6-19/h3-4,9,13H,2,5-8,10-12H2,1H3,(H2,16,17,18). The highest BCUT2D eigenvalue weighted by atomic mass is 16.3. The molecule has 4 rings (SSSR count). The molecule has 4 heterocycles. The Labute approximate surface area is 126 Å². The van der Waals surface area contributed by atoms with Gasteiger partial charge in [0, 0.05) is 51.9 Å². The van der Waals surface area contributed by atoms with Gasteiger partial charge in [0.15, 0.2) is 5.96 Å². The van der Waals surface area contributed by atoms with Crippen LogP contribution < -0.4 is 10.6 Å². The average Bonchev–Trinajstić information content (AvgIpc) is 3.05. The minimum absolute atomic E-state index is 0.572. The monoisotopic (exact) mass is 291 g/mol. The van der Waals surface area contributed by atoms with Crippen LogP contribution in [0, 0.1) is 0 Å². The Morgan fingerprint density at radius 2 is 2.19 bits per heavy atom. The topological polar surface area (TPSA) is 56.0 Å². The van der Waals surface area contributed by atoms with Gasteiger partial charge in [0.1, 0.15) is 12.3 Å². The van der Waals surface area contributed by atoms with E-state index < -0.39 is 0 Å². The largest absolute Gasteiger partial charge is 0.467 e. The molecule has 1 aromatic rings. The van der Waals surface area contributed by atoms with E-state index in [2.05, 4.69) is 32.3 Å². The van der Waals surface area contributed by atoms with E-state index in [0.29, 0.717) is 12.6 Å². The quantitative estimate of drug-likeness (QED) is 0.605. The third-order valence-electron chi connectivity index (χ3n) is 4.21. The van der Waals surface area contributed by atoms with E-state index >= 15 is 0 Å². The molecular formula is C15H25N5O. The minimum atomic E-state index is 0.572. The first-order chi connectivity index (χ1) is 10.3. The van der Waals surface area contributed by atoms with Crippen LogP contribution in [0.1, 0.15) is 12.7 Å². The normalized spacial score (nSPS) is 28.6. The number of nitrogens with zero attached hydrogens (tertiary/aromatic N) is 3. The summed E-state index contributed by atoms with van der Waals surface area (Å²) in [5, 5.41) is 6.76. The Morgan fingerprint density at radius 3 is 2.81 bits per heavy atom. The maximum atomic E-state index is 5.32. The highest BCUT2D eigenvalue weighted by molar-refractivity contribution is 5.79. The van der Waals surface area contributed by atoms with Crippen molar-refractivity contribution < 1.29 is 4.42 Å². The lowest BCUT2D eigenvalue weighted by Crippen LogP contribution is -2.63. The van der Waals surface area contributed by atoms with E-state index in [1.165, 1.54) is 32.7 Å². The molecular weight excluding hydrogens is 266 g/mol. The number of fused-ring (bicyclic) bond motifs is 3. The first-order valence-electron chi connectivity index (χ1n) is 7.86. The van der Waals surface area contributed by atoms with E-state index in [1.807, 2.05) is 12.1 Å². The van der Waals surface area contributed by atoms with Crippen LogP contribution in [0.2, 0.25) is 0 Å². The van der Waals surface area contributed by atoms with Crippen LogP contribution in [-0.2, 0) is 6.54 Å². The molecule has 1 aromatic heterocycles. The second-order valence-electron chi connectivity index (χ2n) is 5.65. The first-order valence-corrected chi connectivity index (χ1v) is 7.86. The van der Waals surface area contributed by atoms with E-state index in [0.717, 1.165) is 24.8 Å². The molecule has 0 radical (unpaired) electrons. The molecule has 6 nitrogen and oxygen atoms in total. The molecule has 3 aliphatic rings. The van der Waals surface area contributed by atoms with Crippen molar-refractivity contribution in [2.24, 2.45) is 4.99 Å². The van der Waals surface area contributed by atoms with Gasteiger partial charge in [-0.2, -0.15) is 0 Å². The van der Waals surface area contributed by atoms with E-state index in [9.17, 15) is 0 Å². The smallest absolute Gasteiger partial charge is 0.191 e. The number of piperazine rings is 3. The molecule has 0 amide bonds. The number of aliphatic imine (C=N–C) groups is 1. The van der Waals surface area contributed by atoms with Gasteiger partial charge in [0.05, 0.1) is 6.26 Å². The predicted molar refractivity (Wildman–Crippen MR) is 83.3 cm³/mol. The average molecular weight is 291 g/mol. The van der Waals surface area contributed by atoms with Crippen LogP contribution in [-0.4, -0.2) is 67.6 Å². The molecule has 116 valence electrons. The summed E-state index contributed by atoms with van der Waals surface area (Å²) in [6.07, 6.45) is 1.69. The number of nitrogens with one attached hydrogen (secondary N) is 2. The van der Waals surface area contributed by atoms with Crippen molar-refractivity contribution in [3.63, 3.8) is 0 Å². The van der Waals surface area contributed by atoms with Gasteiger partial charge in [0.2, 0.25) is 0 Å². The molecule has 3 aliphatic heterocycles. The van der Waals surface area contributed by atoms with Crippen molar-refractivity contribution in [3.05, 3.63) is 24.2 Å². The van der Waals surface area contributed by atoms with Gasteiger partial charge >= 0.3 is 0 Å². The van der Waals surface area contributed by atoms with Gasteiger partial charge in [-0.25, -0.2) is 4.99 Å². The summed E-state index contributed by atoms with van der Waals surface area (Å²) in [4.78, 5) is 9.71. The summed E-state index contributed by atoms with van der Waals surface area (Å²) >= 11 is 0. The lowest BCUT2D eigenvalue weighted by atomic mass is 10.1. The van der Waals surface area contributed by atoms with Gasteiger partial charge < -0.3 is 15.1 Å². The maximum Gasteiger partial charge on any atom is 0.191 e. The van der Waals surface area contributed by atoms with Crippen LogP contribution >= 0.6 is 0 Å². The number of hydrogen-bond donors (Lipinski definition) is 2. The molecule has 1 atom stereocenters. The zero-order valence-corrected chi connectivity index (χ0v) is 12.7. The molecule has 3 fully saturated rings. The summed E-state index contributed by atoms with van der Waals surface area (Å²) in [5.74, 6) is 1.75. The van der Waals surface area contributed by atoms with Crippen molar-refractivity contribution in [2.75, 3.05) is 45.8 Å². The molecule has 0 saturated carbocycles. The number of hydrogen-bond acceptors (Lipinski definition) is 4. The van der Waals surface area contributed by atoms with E-state index in [1.54, 1.807) is 6.26 Å². The van der Waals surface area contributed by atoms with Gasteiger partial charge in [-0.1, -0.05) is 0 Å². The fraction of sp³-hybridized carbons (Fsp3) is 0.667. The van der Waals surface area contributed by atoms with E-state index in [4.69, 9.17) is 4.42 Å². The Hall–Kier alpha value is -1.53. The molecule has 21 heavy (non-hydrogen) atoms. The zero-order valence-electron chi connectivity index (χ0n) is 12.7. The Balaban J connectivity index is 1.51. The summed E-state index contributed by atoms with van der Waals surface area (Å²) in [6, 6.07) is 4.44. The highest BCUT2D eigenvalue weighted by Crippen LogP contribution is 2.14. The minimum Gasteiger partial charge on any atom is -0.467 e. The molecule has 1 unspecified atom stereocenters. The van der Waals surface area contributed by atoms with Crippen LogP contribution in [0.5, 0.6) is 0 Å². The van der Waals surface area contributed by atoms with Crippen LogP contribution in [0.4, 0.5) is 0 Å². The van der Waals surface area contributed by atoms with Crippen molar-refractivity contribution in [1.82, 2.24) is 20.4 Å². The fourth-order valence-corrected chi connectivity index (χ4v) is 3.03. The third-order valence-corrected chi connectivity index (χ3v) is 4.21. The molecule has 0 spiro atoms. The highest BCUT2D eigenvalue weighted by Gasteiger charge is 2.31. The summed E-state index contributed by atoms with van der Waals surface area (Å²) in [5.41, 5.74) is 0. The molecule has 6 heteroatoms. The van der Waals surface area contributed by atoms with Gasteiger partial charge in [-0.15, -0.1) is 0 Å². The molecule has 2 N–H and O–H groups in total. The molecule has 2 bridgehead atoms. The third kappa shape index (κ3) is 3.77. The number of rotatable bonds is 5. The molecule has 3 saturated heterocycles. The summed E-state index contributed by atoms with van der Waals surface area (Å²) in [7, 11) is 0. The summed E-state index contributed by atoms with van der Waals surface area (Å²) < 4.78 is 5.32. The first kappa shape index (κ1) is 14.4. The van der Waals surface area contributed by atoms with Gasteiger partial charge in [-0.3, -0.25) is 9.80 Å². The van der Waals surface area contributed by atoms with E-state index in [-0.39, 0.29) is 0 Å². The van der Waals surface area contributed by atoms with Crippen LogP contribution in [0.3, 0.4) is 0 Å². The number of furan rings is 1. The number of guanidine groups is 1. The van der Waals surface area contributed by atoms with Crippen LogP contribution in [0.15, 0.2) is 27.8 Å². The second-order valence-corrected chi connectivity index (χ2v) is 5.65. The molecule has 0 aliphatic carbocycles. The lowest BCUT2D eigenvalue weighted by molar-refractivity contribution is 0.0154. The zero-order chi connectivity index (χ0) is 14.5. The SMILES string of the molecule is CCNC(=NCc1ccco1)NCC1CN2CCN1CC2. The Bertz CT molecular complexity index is 451. The van der Waals surface area contributed by atoms with Gasteiger partial charge in [0.25, 0.3) is 0 Å². The van der Waals surface area contributed by atoms with Crippen molar-refractivity contribution in [2.45, 2.75) is 19.5 Å².